The smallest absolute Gasteiger partial charge is 0.127 e. The van der Waals surface area contributed by atoms with E-state index in [9.17, 15) is 0 Å². The van der Waals surface area contributed by atoms with Crippen molar-refractivity contribution in [3.63, 3.8) is 0 Å². The summed E-state index contributed by atoms with van der Waals surface area (Å²) in [6, 6.07) is 4.41. The minimum absolute atomic E-state index is 0.363. The third-order valence-corrected chi connectivity index (χ3v) is 6.98. The van der Waals surface area contributed by atoms with Gasteiger partial charge < -0.3 is 4.74 Å². The summed E-state index contributed by atoms with van der Waals surface area (Å²) in [5, 5.41) is 0. The molecule has 1 heterocycles. The van der Waals surface area contributed by atoms with E-state index < -0.39 is 0 Å². The molecule has 1 aliphatic heterocycles. The summed E-state index contributed by atoms with van der Waals surface area (Å²) >= 11 is 7.59. The van der Waals surface area contributed by atoms with Crippen molar-refractivity contribution in [2.24, 2.45) is 16.7 Å². The highest BCUT2D eigenvalue weighted by Crippen LogP contribution is 2.74. The van der Waals surface area contributed by atoms with Crippen molar-refractivity contribution in [2.45, 2.75) is 38.9 Å². The first-order valence-electron chi connectivity index (χ1n) is 6.86. The van der Waals surface area contributed by atoms with Crippen LogP contribution >= 0.6 is 31.9 Å². The third kappa shape index (κ3) is 1.91. The Kier molecular flexibility index (Phi) is 3.11. The Labute approximate surface area is 132 Å². The number of ether oxygens (including phenoxy) is 1. The van der Waals surface area contributed by atoms with E-state index in [-0.39, 0.29) is 0 Å². The van der Waals surface area contributed by atoms with Gasteiger partial charge in [0.2, 0.25) is 0 Å². The Hall–Kier alpha value is -0.0200. The van der Waals surface area contributed by atoms with E-state index in [1.54, 1.807) is 0 Å². The van der Waals surface area contributed by atoms with Crippen molar-refractivity contribution in [3.8, 4) is 5.75 Å². The molecule has 1 aliphatic carbocycles. The third-order valence-electron chi connectivity index (χ3n) is 5.50. The summed E-state index contributed by atoms with van der Waals surface area (Å²) in [7, 11) is 0. The van der Waals surface area contributed by atoms with Crippen LogP contribution in [-0.4, -0.2) is 6.61 Å². The van der Waals surface area contributed by atoms with Gasteiger partial charge in [0.1, 0.15) is 5.75 Å². The van der Waals surface area contributed by atoms with Gasteiger partial charge in [-0.15, -0.1) is 0 Å². The Bertz CT molecular complexity index is 520. The summed E-state index contributed by atoms with van der Waals surface area (Å²) in [6.45, 7) is 10.3. The van der Waals surface area contributed by atoms with Crippen LogP contribution in [0.1, 0.15) is 43.6 Å². The first-order valence-corrected chi connectivity index (χ1v) is 8.57. The molecular formula is C16H20Br2O. The highest BCUT2D eigenvalue weighted by molar-refractivity contribution is 9.10. The monoisotopic (exact) mass is 386 g/mol. The molecule has 3 rings (SSSR count). The molecule has 1 saturated carbocycles. The molecule has 0 spiro atoms. The quantitative estimate of drug-likeness (QED) is 0.608. The zero-order chi connectivity index (χ0) is 14.0. The number of alkyl halides is 1. The first-order chi connectivity index (χ1) is 8.76. The van der Waals surface area contributed by atoms with Crippen LogP contribution in [0, 0.1) is 16.7 Å². The van der Waals surface area contributed by atoms with Gasteiger partial charge in [-0.2, -0.15) is 0 Å². The van der Waals surface area contributed by atoms with E-state index in [1.165, 1.54) is 11.1 Å². The Morgan fingerprint density at radius 3 is 2.42 bits per heavy atom. The standard InChI is InChI=1S/C16H20Br2O/c1-15(2)14(16(15,3)4)12(18)11-8-10(17)7-9-5-6-19-13(9)11/h7-8,12,14H,5-6H2,1-4H3. The van der Waals surface area contributed by atoms with Gasteiger partial charge >= 0.3 is 0 Å². The first kappa shape index (κ1) is 13.9. The number of hydrogen-bond acceptors (Lipinski definition) is 1. The molecule has 1 atom stereocenters. The van der Waals surface area contributed by atoms with E-state index >= 15 is 0 Å². The zero-order valence-electron chi connectivity index (χ0n) is 11.9. The maximum Gasteiger partial charge on any atom is 0.127 e. The Morgan fingerprint density at radius 1 is 1.21 bits per heavy atom. The summed E-state index contributed by atoms with van der Waals surface area (Å²) < 4.78 is 7.03. The average Bonchev–Trinajstić information content (AvgIpc) is 2.68. The van der Waals surface area contributed by atoms with E-state index in [0.717, 1.165) is 23.2 Å². The van der Waals surface area contributed by atoms with Gasteiger partial charge in [-0.25, -0.2) is 0 Å². The highest BCUT2D eigenvalue weighted by atomic mass is 79.9. The molecule has 0 saturated heterocycles. The number of halogens is 2. The van der Waals surface area contributed by atoms with Gasteiger partial charge in [0, 0.05) is 21.3 Å². The number of rotatable bonds is 2. The fourth-order valence-electron chi connectivity index (χ4n) is 3.66. The van der Waals surface area contributed by atoms with Gasteiger partial charge in [-0.1, -0.05) is 59.6 Å². The molecule has 1 fully saturated rings. The fourth-order valence-corrected chi connectivity index (χ4v) is 5.85. The SMILES string of the molecule is CC1(C)C(C(Br)c2cc(Br)cc3c2OCC3)C1(C)C. The number of fused-ring (bicyclic) bond motifs is 1. The Balaban J connectivity index is 2.00. The fraction of sp³-hybridized carbons (Fsp3) is 0.625. The van der Waals surface area contributed by atoms with Crippen molar-refractivity contribution in [3.05, 3.63) is 27.7 Å². The van der Waals surface area contributed by atoms with Gasteiger partial charge in [-0.05, 0) is 34.4 Å². The normalized spacial score (nSPS) is 24.7. The maximum absolute atomic E-state index is 5.87. The molecule has 19 heavy (non-hydrogen) atoms. The molecule has 3 heteroatoms. The lowest BCUT2D eigenvalue weighted by Gasteiger charge is -2.16. The molecule has 2 aliphatic rings. The second kappa shape index (κ2) is 4.24. The van der Waals surface area contributed by atoms with Crippen molar-refractivity contribution >= 4 is 31.9 Å². The lowest BCUT2D eigenvalue weighted by molar-refractivity contribution is 0.352. The second-order valence-electron chi connectivity index (χ2n) is 6.90. The van der Waals surface area contributed by atoms with Gasteiger partial charge in [-0.3, -0.25) is 0 Å². The van der Waals surface area contributed by atoms with Crippen LogP contribution in [0.15, 0.2) is 16.6 Å². The van der Waals surface area contributed by atoms with E-state index in [0.29, 0.717) is 21.6 Å². The van der Waals surface area contributed by atoms with Crippen LogP contribution in [0.4, 0.5) is 0 Å². The van der Waals surface area contributed by atoms with Crippen molar-refractivity contribution in [1.82, 2.24) is 0 Å². The van der Waals surface area contributed by atoms with E-state index in [4.69, 9.17) is 4.74 Å². The molecule has 0 radical (unpaired) electrons. The minimum atomic E-state index is 0.363. The molecular weight excluding hydrogens is 368 g/mol. The predicted octanol–water partition coefficient (Wildman–Crippen LogP) is 5.50. The van der Waals surface area contributed by atoms with Gasteiger partial charge in [0.05, 0.1) is 6.61 Å². The number of hydrogen-bond donors (Lipinski definition) is 0. The van der Waals surface area contributed by atoms with Crippen LogP contribution < -0.4 is 4.74 Å². The summed E-state index contributed by atoms with van der Waals surface area (Å²) in [4.78, 5) is 0.363. The van der Waals surface area contributed by atoms with Crippen molar-refractivity contribution in [2.75, 3.05) is 6.61 Å². The number of benzene rings is 1. The molecule has 104 valence electrons. The molecule has 0 aromatic heterocycles. The predicted molar refractivity (Wildman–Crippen MR) is 86.1 cm³/mol. The summed E-state index contributed by atoms with van der Waals surface area (Å²) in [5.41, 5.74) is 3.39. The zero-order valence-corrected chi connectivity index (χ0v) is 15.1. The molecule has 0 N–H and O–H groups in total. The van der Waals surface area contributed by atoms with Crippen LogP contribution in [0.5, 0.6) is 5.75 Å². The molecule has 1 nitrogen and oxygen atoms in total. The largest absolute Gasteiger partial charge is 0.493 e. The van der Waals surface area contributed by atoms with E-state index in [2.05, 4.69) is 71.7 Å². The lowest BCUT2D eigenvalue weighted by atomic mass is 9.99. The maximum atomic E-state index is 5.87. The highest BCUT2D eigenvalue weighted by Gasteiger charge is 2.67. The molecule has 1 aromatic carbocycles. The summed E-state index contributed by atoms with van der Waals surface area (Å²) in [6.07, 6.45) is 1.03. The average molecular weight is 388 g/mol. The second-order valence-corrected chi connectivity index (χ2v) is 8.81. The lowest BCUT2D eigenvalue weighted by Crippen LogP contribution is -2.02. The molecule has 0 amide bonds. The van der Waals surface area contributed by atoms with E-state index in [1.807, 2.05) is 0 Å². The van der Waals surface area contributed by atoms with Crippen LogP contribution in [0.2, 0.25) is 0 Å². The molecule has 0 bridgehead atoms. The van der Waals surface area contributed by atoms with Crippen molar-refractivity contribution < 1.29 is 4.74 Å². The van der Waals surface area contributed by atoms with Crippen molar-refractivity contribution in [1.29, 1.82) is 0 Å². The van der Waals surface area contributed by atoms with Gasteiger partial charge in [0.15, 0.2) is 0 Å². The van der Waals surface area contributed by atoms with Crippen LogP contribution in [0.25, 0.3) is 0 Å². The molecule has 1 aromatic rings. The minimum Gasteiger partial charge on any atom is -0.493 e. The summed E-state index contributed by atoms with van der Waals surface area (Å²) in [5.74, 6) is 1.76. The Morgan fingerprint density at radius 2 is 1.84 bits per heavy atom. The van der Waals surface area contributed by atoms with Crippen LogP contribution in [0.3, 0.4) is 0 Å². The van der Waals surface area contributed by atoms with Gasteiger partial charge in [0.25, 0.3) is 0 Å². The van der Waals surface area contributed by atoms with Crippen LogP contribution in [-0.2, 0) is 6.42 Å². The molecule has 1 unspecified atom stereocenters. The topological polar surface area (TPSA) is 9.23 Å².